The third-order valence-corrected chi connectivity index (χ3v) is 4.71. The van der Waals surface area contributed by atoms with Gasteiger partial charge in [0, 0.05) is 31.9 Å². The highest BCUT2D eigenvalue weighted by Gasteiger charge is 2.36. The van der Waals surface area contributed by atoms with E-state index < -0.39 is 23.5 Å². The monoisotopic (exact) mass is 394 g/mol. The summed E-state index contributed by atoms with van der Waals surface area (Å²) in [7, 11) is 0. The van der Waals surface area contributed by atoms with Crippen LogP contribution in [0.1, 0.15) is 36.5 Å². The number of piperazine rings is 1. The first kappa shape index (κ1) is 21.6. The minimum atomic E-state index is -4.82. The summed E-state index contributed by atoms with van der Waals surface area (Å²) < 4.78 is 77.6. The Bertz CT molecular complexity index is 610. The van der Waals surface area contributed by atoms with Crippen molar-refractivity contribution in [2.24, 2.45) is 0 Å². The highest BCUT2D eigenvalue weighted by molar-refractivity contribution is 5.34. The quantitative estimate of drug-likeness (QED) is 0.612. The van der Waals surface area contributed by atoms with Gasteiger partial charge in [-0.25, -0.2) is 0 Å². The van der Waals surface area contributed by atoms with Crippen molar-refractivity contribution in [3.8, 4) is 0 Å². The molecule has 1 fully saturated rings. The zero-order chi connectivity index (χ0) is 20.2. The fourth-order valence-corrected chi connectivity index (χ4v) is 3.21. The van der Waals surface area contributed by atoms with Crippen LogP contribution in [0.25, 0.3) is 0 Å². The SMILES string of the molecule is C=C(CCc1cc(C(F)(F)F)cc(C(F)(F)F)c1)N1CCN(CCC)CC1. The summed E-state index contributed by atoms with van der Waals surface area (Å²) in [4.78, 5) is 4.39. The van der Waals surface area contributed by atoms with Gasteiger partial charge in [0.05, 0.1) is 11.1 Å². The zero-order valence-corrected chi connectivity index (χ0v) is 15.3. The normalized spacial score (nSPS) is 16.6. The van der Waals surface area contributed by atoms with E-state index in [0.29, 0.717) is 6.42 Å². The summed E-state index contributed by atoms with van der Waals surface area (Å²) in [6.45, 7) is 10.4. The van der Waals surface area contributed by atoms with Gasteiger partial charge in [-0.1, -0.05) is 13.5 Å². The molecule has 2 rings (SSSR count). The van der Waals surface area contributed by atoms with Crippen molar-refractivity contribution in [1.82, 2.24) is 9.80 Å². The van der Waals surface area contributed by atoms with Crippen molar-refractivity contribution in [1.29, 1.82) is 0 Å². The van der Waals surface area contributed by atoms with Crippen LogP contribution in [-0.2, 0) is 18.8 Å². The lowest BCUT2D eigenvalue weighted by Gasteiger charge is -2.37. The van der Waals surface area contributed by atoms with E-state index in [1.165, 1.54) is 0 Å². The largest absolute Gasteiger partial charge is 0.416 e. The number of aryl methyl sites for hydroxylation is 1. The Morgan fingerprint density at radius 2 is 1.44 bits per heavy atom. The number of rotatable bonds is 6. The summed E-state index contributed by atoms with van der Waals surface area (Å²) >= 11 is 0. The lowest BCUT2D eigenvalue weighted by atomic mass is 10.0. The lowest BCUT2D eigenvalue weighted by molar-refractivity contribution is -0.143. The Hall–Kier alpha value is -1.70. The molecule has 27 heavy (non-hydrogen) atoms. The van der Waals surface area contributed by atoms with E-state index in [2.05, 4.69) is 23.3 Å². The average Bonchev–Trinajstić information content (AvgIpc) is 2.59. The topological polar surface area (TPSA) is 6.48 Å². The summed E-state index contributed by atoms with van der Waals surface area (Å²) in [5, 5.41) is 0. The third-order valence-electron chi connectivity index (χ3n) is 4.71. The smallest absolute Gasteiger partial charge is 0.373 e. The predicted molar refractivity (Wildman–Crippen MR) is 92.2 cm³/mol. The number of hydrogen-bond donors (Lipinski definition) is 0. The van der Waals surface area contributed by atoms with Crippen LogP contribution in [0.2, 0.25) is 0 Å². The van der Waals surface area contributed by atoms with E-state index in [9.17, 15) is 26.3 Å². The minimum Gasteiger partial charge on any atom is -0.373 e. The van der Waals surface area contributed by atoms with Crippen LogP contribution in [-0.4, -0.2) is 42.5 Å². The maximum Gasteiger partial charge on any atom is 0.416 e. The van der Waals surface area contributed by atoms with E-state index in [1.807, 2.05) is 0 Å². The molecule has 1 aliphatic heterocycles. The molecule has 2 nitrogen and oxygen atoms in total. The van der Waals surface area contributed by atoms with Crippen molar-refractivity contribution >= 4 is 0 Å². The first-order valence-corrected chi connectivity index (χ1v) is 8.94. The molecule has 1 aromatic carbocycles. The fourth-order valence-electron chi connectivity index (χ4n) is 3.21. The number of hydrogen-bond acceptors (Lipinski definition) is 2. The van der Waals surface area contributed by atoms with Crippen LogP contribution in [0.4, 0.5) is 26.3 Å². The Balaban J connectivity index is 2.03. The number of nitrogens with zero attached hydrogens (tertiary/aromatic N) is 2. The van der Waals surface area contributed by atoms with E-state index in [4.69, 9.17) is 0 Å². The molecule has 8 heteroatoms. The van der Waals surface area contributed by atoms with Crippen molar-refractivity contribution in [2.45, 2.75) is 38.5 Å². The van der Waals surface area contributed by atoms with Crippen LogP contribution in [0.3, 0.4) is 0 Å². The number of alkyl halides is 6. The van der Waals surface area contributed by atoms with Crippen LogP contribution in [0.15, 0.2) is 30.5 Å². The van der Waals surface area contributed by atoms with Gasteiger partial charge in [0.25, 0.3) is 0 Å². The van der Waals surface area contributed by atoms with Crippen LogP contribution in [0, 0.1) is 0 Å². The van der Waals surface area contributed by atoms with Crippen molar-refractivity contribution in [3.05, 3.63) is 47.2 Å². The minimum absolute atomic E-state index is 0.0166. The van der Waals surface area contributed by atoms with Gasteiger partial charge in [0.1, 0.15) is 0 Å². The van der Waals surface area contributed by atoms with Gasteiger partial charge in [-0.3, -0.25) is 4.90 Å². The van der Waals surface area contributed by atoms with E-state index in [0.717, 1.165) is 57.0 Å². The molecule has 0 unspecified atom stereocenters. The Morgan fingerprint density at radius 1 is 0.926 bits per heavy atom. The lowest BCUT2D eigenvalue weighted by Crippen LogP contribution is -2.45. The van der Waals surface area contributed by atoms with E-state index in [-0.39, 0.29) is 18.1 Å². The summed E-state index contributed by atoms with van der Waals surface area (Å²) in [5.74, 6) is 0. The van der Waals surface area contributed by atoms with Gasteiger partial charge in [-0.2, -0.15) is 26.3 Å². The van der Waals surface area contributed by atoms with Crippen molar-refractivity contribution in [3.63, 3.8) is 0 Å². The molecule has 0 N–H and O–H groups in total. The van der Waals surface area contributed by atoms with Gasteiger partial charge < -0.3 is 4.90 Å². The standard InChI is InChI=1S/C19H24F6N2/c1-3-6-26-7-9-27(10-8-26)14(2)4-5-15-11-16(18(20,21)22)13-17(12-15)19(23,24)25/h11-13H,2-10H2,1H3. The molecular weight excluding hydrogens is 370 g/mol. The van der Waals surface area contributed by atoms with Gasteiger partial charge in [-0.15, -0.1) is 0 Å². The summed E-state index contributed by atoms with van der Waals surface area (Å²) in [6.07, 6.45) is -8.16. The van der Waals surface area contributed by atoms with Gasteiger partial charge in [0.2, 0.25) is 0 Å². The van der Waals surface area contributed by atoms with Crippen LogP contribution in [0.5, 0.6) is 0 Å². The second-order valence-electron chi connectivity index (χ2n) is 6.81. The molecule has 1 aliphatic rings. The number of allylic oxidation sites excluding steroid dienone is 1. The number of benzene rings is 1. The van der Waals surface area contributed by atoms with Crippen LogP contribution < -0.4 is 0 Å². The Labute approximate surface area is 155 Å². The molecule has 0 amide bonds. The van der Waals surface area contributed by atoms with Gasteiger partial charge in [-0.05, 0) is 49.6 Å². The molecule has 1 aromatic rings. The molecule has 0 aliphatic carbocycles. The maximum atomic E-state index is 12.9. The molecule has 0 saturated carbocycles. The van der Waals surface area contributed by atoms with Crippen LogP contribution >= 0.6 is 0 Å². The molecule has 0 bridgehead atoms. The molecule has 0 atom stereocenters. The highest BCUT2D eigenvalue weighted by atomic mass is 19.4. The molecule has 0 spiro atoms. The fraction of sp³-hybridized carbons (Fsp3) is 0.579. The summed E-state index contributed by atoms with van der Waals surface area (Å²) in [6, 6.07) is 1.74. The second-order valence-corrected chi connectivity index (χ2v) is 6.81. The first-order chi connectivity index (χ1) is 12.5. The van der Waals surface area contributed by atoms with Crippen molar-refractivity contribution < 1.29 is 26.3 Å². The molecule has 1 heterocycles. The molecule has 1 saturated heterocycles. The molecule has 152 valence electrons. The van der Waals surface area contributed by atoms with Crippen molar-refractivity contribution in [2.75, 3.05) is 32.7 Å². The predicted octanol–water partition coefficient (Wildman–Crippen LogP) is 5.20. The molecular formula is C19H24F6N2. The maximum absolute atomic E-state index is 12.9. The van der Waals surface area contributed by atoms with Gasteiger partial charge >= 0.3 is 12.4 Å². The van der Waals surface area contributed by atoms with E-state index >= 15 is 0 Å². The average molecular weight is 394 g/mol. The highest BCUT2D eigenvalue weighted by Crippen LogP contribution is 2.36. The molecule has 0 aromatic heterocycles. The third kappa shape index (κ3) is 6.16. The zero-order valence-electron chi connectivity index (χ0n) is 15.3. The number of halogens is 6. The van der Waals surface area contributed by atoms with E-state index in [1.54, 1.807) is 0 Å². The Kier molecular flexibility index (Phi) is 6.83. The Morgan fingerprint density at radius 3 is 1.89 bits per heavy atom. The second kappa shape index (κ2) is 8.54. The molecule has 0 radical (unpaired) electrons. The first-order valence-electron chi connectivity index (χ1n) is 8.94. The van der Waals surface area contributed by atoms with Gasteiger partial charge in [0.15, 0.2) is 0 Å². The summed E-state index contributed by atoms with van der Waals surface area (Å²) in [5.41, 5.74) is -1.78.